The van der Waals surface area contributed by atoms with Gasteiger partial charge in [-0.3, -0.25) is 14.4 Å². The van der Waals surface area contributed by atoms with Crippen molar-refractivity contribution in [1.82, 2.24) is 0 Å². The van der Waals surface area contributed by atoms with Crippen molar-refractivity contribution in [1.29, 1.82) is 0 Å². The Bertz CT molecular complexity index is 1690. The van der Waals surface area contributed by atoms with E-state index in [1.54, 1.807) is 0 Å². The largest absolute Gasteiger partial charge is 0.462 e. The maximum Gasteiger partial charge on any atom is 0.306 e. The molecule has 82 heavy (non-hydrogen) atoms. The molecule has 6 heteroatoms. The molecule has 0 amide bonds. The number of allylic oxidation sites excluding steroid dienone is 20. The molecule has 1 atom stereocenters. The molecule has 0 spiro atoms. The van der Waals surface area contributed by atoms with Crippen LogP contribution in [0.1, 0.15) is 323 Å². The molecule has 0 aromatic heterocycles. The summed E-state index contributed by atoms with van der Waals surface area (Å²) in [5.41, 5.74) is 0. The quantitative estimate of drug-likeness (QED) is 0.0261. The molecule has 468 valence electrons. The van der Waals surface area contributed by atoms with Gasteiger partial charge in [-0.25, -0.2) is 0 Å². The Morgan fingerprint density at radius 2 is 0.476 bits per heavy atom. The second-order valence-corrected chi connectivity index (χ2v) is 22.7. The molecule has 0 aliphatic rings. The zero-order chi connectivity index (χ0) is 59.2. The highest BCUT2D eigenvalue weighted by atomic mass is 16.6. The molecule has 1 unspecified atom stereocenters. The van der Waals surface area contributed by atoms with Gasteiger partial charge in [-0.2, -0.15) is 0 Å². The van der Waals surface area contributed by atoms with Crippen LogP contribution in [0.25, 0.3) is 0 Å². The molecular formula is C76H128O6. The van der Waals surface area contributed by atoms with Crippen LogP contribution in [0.4, 0.5) is 0 Å². The lowest BCUT2D eigenvalue weighted by Gasteiger charge is -2.18. The smallest absolute Gasteiger partial charge is 0.306 e. The van der Waals surface area contributed by atoms with Crippen LogP contribution in [0, 0.1) is 0 Å². The lowest BCUT2D eigenvalue weighted by molar-refractivity contribution is -0.167. The summed E-state index contributed by atoms with van der Waals surface area (Å²) >= 11 is 0. The van der Waals surface area contributed by atoms with E-state index < -0.39 is 6.10 Å². The fourth-order valence-electron chi connectivity index (χ4n) is 9.51. The molecule has 0 aromatic carbocycles. The molecule has 0 saturated heterocycles. The minimum atomic E-state index is -0.795. The van der Waals surface area contributed by atoms with Crippen molar-refractivity contribution in [3.8, 4) is 0 Å². The third-order valence-corrected chi connectivity index (χ3v) is 14.7. The zero-order valence-corrected chi connectivity index (χ0v) is 53.7. The lowest BCUT2D eigenvalue weighted by Crippen LogP contribution is -2.30. The zero-order valence-electron chi connectivity index (χ0n) is 53.7. The van der Waals surface area contributed by atoms with Crippen LogP contribution in [0.5, 0.6) is 0 Å². The summed E-state index contributed by atoms with van der Waals surface area (Å²) in [6.45, 7) is 6.51. The Balaban J connectivity index is 4.39. The van der Waals surface area contributed by atoms with E-state index in [0.29, 0.717) is 19.3 Å². The summed E-state index contributed by atoms with van der Waals surface area (Å²) in [6, 6.07) is 0. The van der Waals surface area contributed by atoms with Gasteiger partial charge in [-0.05, 0) is 135 Å². The predicted octanol–water partition coefficient (Wildman–Crippen LogP) is 23.9. The Morgan fingerprint density at radius 1 is 0.256 bits per heavy atom. The first-order chi connectivity index (χ1) is 40.5. The number of hydrogen-bond acceptors (Lipinski definition) is 6. The van der Waals surface area contributed by atoms with Gasteiger partial charge in [-0.1, -0.05) is 290 Å². The molecule has 0 rings (SSSR count). The summed E-state index contributed by atoms with van der Waals surface area (Å²) in [5, 5.41) is 0. The van der Waals surface area contributed by atoms with Crippen LogP contribution in [-0.2, 0) is 28.6 Å². The van der Waals surface area contributed by atoms with Crippen LogP contribution in [-0.4, -0.2) is 37.2 Å². The summed E-state index contributed by atoms with van der Waals surface area (Å²) < 4.78 is 17.0. The molecule has 0 aliphatic heterocycles. The third kappa shape index (κ3) is 66.6. The van der Waals surface area contributed by atoms with Gasteiger partial charge in [0.25, 0.3) is 0 Å². The highest BCUT2D eigenvalue weighted by molar-refractivity contribution is 5.71. The standard InChI is InChI=1S/C76H128O6/c1-4-7-10-13-16-19-22-25-28-30-32-34-36-38-40-42-44-46-48-51-54-57-60-63-66-69-75(78)81-72-73(71-80-74(77)68-65-62-59-56-53-50-27-24-21-18-15-12-9-6-3)82-76(79)70-67-64-61-58-55-52-49-47-45-43-41-39-37-35-33-31-29-26-23-20-17-14-11-8-5-2/h7,10,16,19,23-28,31-34,37-40,44,46,73H,4-6,8-9,11-15,17-18,20-22,29-30,35-36,41-43,45,47-72H2,1-3H3/b10-7-,19-16-,26-23-,27-24-,28-25-,33-31-,34-32-,39-37-,40-38-,46-44-. The van der Waals surface area contributed by atoms with E-state index in [1.165, 1.54) is 154 Å². The van der Waals surface area contributed by atoms with E-state index in [-0.39, 0.29) is 31.1 Å². The van der Waals surface area contributed by atoms with E-state index in [4.69, 9.17) is 14.2 Å². The molecule has 0 bridgehead atoms. The number of hydrogen-bond donors (Lipinski definition) is 0. The molecule has 0 N–H and O–H groups in total. The highest BCUT2D eigenvalue weighted by Crippen LogP contribution is 2.16. The maximum atomic E-state index is 13.0. The van der Waals surface area contributed by atoms with Crippen molar-refractivity contribution < 1.29 is 28.6 Å². The van der Waals surface area contributed by atoms with Crippen LogP contribution in [0.2, 0.25) is 0 Å². The summed E-state index contributed by atoms with van der Waals surface area (Å²) in [4.78, 5) is 38.4. The van der Waals surface area contributed by atoms with Gasteiger partial charge in [0.1, 0.15) is 13.2 Å². The number of rotatable bonds is 62. The molecular weight excluding hydrogens is 1010 g/mol. The van der Waals surface area contributed by atoms with E-state index in [9.17, 15) is 14.4 Å². The summed E-state index contributed by atoms with van der Waals surface area (Å²) in [6.07, 6.45) is 96.3. The Labute approximate surface area is 507 Å². The number of unbranched alkanes of at least 4 members (excludes halogenated alkanes) is 31. The van der Waals surface area contributed by atoms with Crippen molar-refractivity contribution in [2.24, 2.45) is 0 Å². The average Bonchev–Trinajstić information content (AvgIpc) is 3.47. The van der Waals surface area contributed by atoms with Crippen molar-refractivity contribution in [2.75, 3.05) is 13.2 Å². The van der Waals surface area contributed by atoms with E-state index in [1.807, 2.05) is 0 Å². The first kappa shape index (κ1) is 77.8. The second kappa shape index (κ2) is 69.3. The van der Waals surface area contributed by atoms with Gasteiger partial charge in [0.2, 0.25) is 0 Å². The minimum Gasteiger partial charge on any atom is -0.462 e. The first-order valence-electron chi connectivity index (χ1n) is 34.5. The summed E-state index contributed by atoms with van der Waals surface area (Å²) in [5.74, 6) is -0.908. The van der Waals surface area contributed by atoms with Gasteiger partial charge in [0, 0.05) is 19.3 Å². The average molecular weight is 1140 g/mol. The molecule has 0 heterocycles. The minimum absolute atomic E-state index is 0.0900. The molecule has 0 fully saturated rings. The Hall–Kier alpha value is -4.19. The van der Waals surface area contributed by atoms with Crippen LogP contribution in [0.15, 0.2) is 122 Å². The van der Waals surface area contributed by atoms with Gasteiger partial charge >= 0.3 is 17.9 Å². The fraction of sp³-hybridized carbons (Fsp3) is 0.697. The highest BCUT2D eigenvalue weighted by Gasteiger charge is 2.19. The monoisotopic (exact) mass is 1140 g/mol. The maximum absolute atomic E-state index is 13.0. The number of esters is 3. The van der Waals surface area contributed by atoms with Crippen molar-refractivity contribution in [3.63, 3.8) is 0 Å². The van der Waals surface area contributed by atoms with Crippen LogP contribution in [0.3, 0.4) is 0 Å². The van der Waals surface area contributed by atoms with E-state index in [0.717, 1.165) is 128 Å². The number of carbonyl (C=O) groups excluding carboxylic acids is 3. The van der Waals surface area contributed by atoms with Crippen molar-refractivity contribution in [3.05, 3.63) is 122 Å². The number of ether oxygens (including phenoxy) is 3. The van der Waals surface area contributed by atoms with Gasteiger partial charge in [0.15, 0.2) is 6.10 Å². The molecule has 0 aromatic rings. The topological polar surface area (TPSA) is 78.9 Å². The SMILES string of the molecule is CC/C=C\C/C=C\C/C=C\C/C=C\C/C=C\C/C=C\CCCCCCCCC(=O)OCC(COC(=O)CCCCCCC/C=C\CCCCCCC)OC(=O)CCCCCCCCCCCC/C=C\C/C=C\C/C=C\CCCCCCC. The normalized spacial score (nSPS) is 12.9. The predicted molar refractivity (Wildman–Crippen MR) is 357 cm³/mol. The second-order valence-electron chi connectivity index (χ2n) is 22.7. The van der Waals surface area contributed by atoms with E-state index in [2.05, 4.69) is 142 Å². The van der Waals surface area contributed by atoms with Crippen LogP contribution >= 0.6 is 0 Å². The summed E-state index contributed by atoms with van der Waals surface area (Å²) in [7, 11) is 0. The Morgan fingerprint density at radius 3 is 0.756 bits per heavy atom. The molecule has 6 nitrogen and oxygen atoms in total. The van der Waals surface area contributed by atoms with Gasteiger partial charge in [-0.15, -0.1) is 0 Å². The molecule has 0 saturated carbocycles. The van der Waals surface area contributed by atoms with Gasteiger partial charge < -0.3 is 14.2 Å². The molecule has 0 radical (unpaired) electrons. The third-order valence-electron chi connectivity index (χ3n) is 14.7. The van der Waals surface area contributed by atoms with Crippen LogP contribution < -0.4 is 0 Å². The number of carbonyl (C=O) groups is 3. The fourth-order valence-corrected chi connectivity index (χ4v) is 9.51. The van der Waals surface area contributed by atoms with Crippen molar-refractivity contribution in [2.45, 2.75) is 329 Å². The van der Waals surface area contributed by atoms with E-state index >= 15 is 0 Å². The van der Waals surface area contributed by atoms with Gasteiger partial charge in [0.05, 0.1) is 0 Å². The molecule has 0 aliphatic carbocycles. The first-order valence-corrected chi connectivity index (χ1v) is 34.5. The lowest BCUT2D eigenvalue weighted by atomic mass is 10.0. The Kier molecular flexibility index (Phi) is 65.8. The van der Waals surface area contributed by atoms with Crippen molar-refractivity contribution >= 4 is 17.9 Å².